The molecule has 8 heteroatoms. The predicted octanol–water partition coefficient (Wildman–Crippen LogP) is 4.73. The zero-order chi connectivity index (χ0) is 23.6. The van der Waals surface area contributed by atoms with E-state index in [9.17, 15) is 18.4 Å². The second-order valence-corrected chi connectivity index (χ2v) is 8.54. The Morgan fingerprint density at radius 1 is 0.939 bits per heavy atom. The van der Waals surface area contributed by atoms with E-state index in [0.717, 1.165) is 10.4 Å². The highest BCUT2D eigenvalue weighted by Gasteiger charge is 2.24. The minimum Gasteiger partial charge on any atom is -0.385 e. The first kappa shape index (κ1) is 24.5. The van der Waals surface area contributed by atoms with Gasteiger partial charge >= 0.3 is 0 Å². The normalized spacial score (nSPS) is 10.8. The number of benzene rings is 2. The molecule has 0 fully saturated rings. The Morgan fingerprint density at radius 3 is 2.36 bits per heavy atom. The fourth-order valence-corrected chi connectivity index (χ4v) is 4.07. The topological polar surface area (TPSA) is 49.9 Å². The zero-order valence-corrected chi connectivity index (χ0v) is 19.2. The maximum atomic E-state index is 14.3. The van der Waals surface area contributed by atoms with E-state index in [2.05, 4.69) is 0 Å². The lowest BCUT2D eigenvalue weighted by Gasteiger charge is -2.28. The van der Waals surface area contributed by atoms with Crippen molar-refractivity contribution in [2.24, 2.45) is 0 Å². The second kappa shape index (κ2) is 12.2. The molecule has 3 rings (SSSR count). The van der Waals surface area contributed by atoms with Crippen LogP contribution in [0.1, 0.15) is 27.2 Å². The largest absolute Gasteiger partial charge is 0.385 e. The summed E-state index contributed by atoms with van der Waals surface area (Å²) in [6, 6.07) is 15.5. The van der Waals surface area contributed by atoms with Gasteiger partial charge in [0.25, 0.3) is 5.91 Å². The maximum Gasteiger partial charge on any atom is 0.257 e. The molecule has 0 aliphatic carbocycles. The Bertz CT molecular complexity index is 1040. The van der Waals surface area contributed by atoms with Gasteiger partial charge in [-0.15, -0.1) is 11.3 Å². The average Bonchev–Trinajstić information content (AvgIpc) is 3.32. The lowest BCUT2D eigenvalue weighted by atomic mass is 10.1. The van der Waals surface area contributed by atoms with Gasteiger partial charge in [-0.3, -0.25) is 9.59 Å². The van der Waals surface area contributed by atoms with Crippen LogP contribution in [0.25, 0.3) is 0 Å². The molecule has 5 nitrogen and oxygen atoms in total. The Balaban J connectivity index is 1.80. The Morgan fingerprint density at radius 2 is 1.70 bits per heavy atom. The third-order valence-corrected chi connectivity index (χ3v) is 5.92. The summed E-state index contributed by atoms with van der Waals surface area (Å²) in [5.41, 5.74) is 0.693. The SMILES string of the molecule is COCCCN(CC(=O)N(Cc1ccc(F)cc1)Cc1cccs1)C(=O)c1ccccc1F. The van der Waals surface area contributed by atoms with Crippen LogP contribution < -0.4 is 0 Å². The van der Waals surface area contributed by atoms with Crippen molar-refractivity contribution in [3.05, 3.63) is 93.7 Å². The van der Waals surface area contributed by atoms with Crippen LogP contribution in [0.15, 0.2) is 66.0 Å². The van der Waals surface area contributed by atoms with Gasteiger partial charge in [-0.25, -0.2) is 8.78 Å². The summed E-state index contributed by atoms with van der Waals surface area (Å²) in [5, 5.41) is 1.93. The van der Waals surface area contributed by atoms with Crippen molar-refractivity contribution in [3.8, 4) is 0 Å². The summed E-state index contributed by atoms with van der Waals surface area (Å²) in [5.74, 6) is -1.81. The number of rotatable bonds is 11. The highest BCUT2D eigenvalue weighted by Crippen LogP contribution is 2.17. The highest BCUT2D eigenvalue weighted by atomic mass is 32.1. The molecular weight excluding hydrogens is 446 g/mol. The van der Waals surface area contributed by atoms with E-state index >= 15 is 0 Å². The first-order chi connectivity index (χ1) is 16.0. The van der Waals surface area contributed by atoms with Crippen molar-refractivity contribution in [2.75, 3.05) is 26.8 Å². The molecule has 2 aromatic carbocycles. The standard InChI is InChI=1S/C25H26F2N2O3S/c1-32-14-5-13-28(25(31)22-7-2-3-8-23(22)27)18-24(30)29(17-21-6-4-15-33-21)16-19-9-11-20(26)12-10-19/h2-4,6-12,15H,5,13-14,16-18H2,1H3. The number of carbonyl (C=O) groups is 2. The third kappa shape index (κ3) is 7.20. The molecule has 0 aliphatic heterocycles. The number of hydrogen-bond donors (Lipinski definition) is 0. The van der Waals surface area contributed by atoms with Gasteiger partial charge in [0.2, 0.25) is 5.91 Å². The number of nitrogens with zero attached hydrogens (tertiary/aromatic N) is 2. The van der Waals surface area contributed by atoms with Crippen molar-refractivity contribution in [1.29, 1.82) is 0 Å². The van der Waals surface area contributed by atoms with E-state index in [1.54, 1.807) is 30.2 Å². The van der Waals surface area contributed by atoms with Crippen molar-refractivity contribution in [3.63, 3.8) is 0 Å². The molecule has 0 bridgehead atoms. The number of thiophene rings is 1. The van der Waals surface area contributed by atoms with Gasteiger partial charge in [-0.1, -0.05) is 30.3 Å². The number of amides is 2. The summed E-state index contributed by atoms with van der Waals surface area (Å²) in [4.78, 5) is 30.4. The van der Waals surface area contributed by atoms with Gasteiger partial charge in [0.1, 0.15) is 18.2 Å². The summed E-state index contributed by atoms with van der Waals surface area (Å²) in [6.07, 6.45) is 0.507. The minimum absolute atomic E-state index is 0.0777. The number of carbonyl (C=O) groups excluding carboxylic acids is 2. The van der Waals surface area contributed by atoms with Gasteiger partial charge in [-0.2, -0.15) is 0 Å². The van der Waals surface area contributed by atoms with Gasteiger partial charge < -0.3 is 14.5 Å². The Hall–Kier alpha value is -3.10. The molecule has 0 unspecified atom stereocenters. The molecule has 0 aliphatic rings. The molecule has 3 aromatic rings. The molecule has 0 radical (unpaired) electrons. The van der Waals surface area contributed by atoms with E-state index in [1.807, 2.05) is 17.5 Å². The smallest absolute Gasteiger partial charge is 0.257 e. The average molecular weight is 473 g/mol. The van der Waals surface area contributed by atoms with E-state index in [0.29, 0.717) is 19.6 Å². The molecule has 0 N–H and O–H groups in total. The Kier molecular flexibility index (Phi) is 9.09. The molecule has 0 saturated carbocycles. The van der Waals surface area contributed by atoms with Crippen LogP contribution in [-0.4, -0.2) is 48.4 Å². The summed E-state index contributed by atoms with van der Waals surface area (Å²) >= 11 is 1.52. The van der Waals surface area contributed by atoms with E-state index in [1.165, 1.54) is 46.6 Å². The fraction of sp³-hybridized carbons (Fsp3) is 0.280. The molecule has 174 valence electrons. The fourth-order valence-electron chi connectivity index (χ4n) is 3.35. The monoisotopic (exact) mass is 472 g/mol. The Labute approximate surface area is 196 Å². The van der Waals surface area contributed by atoms with Crippen LogP contribution in [0.2, 0.25) is 0 Å². The van der Waals surface area contributed by atoms with Gasteiger partial charge in [0.15, 0.2) is 0 Å². The van der Waals surface area contributed by atoms with Crippen molar-refractivity contribution in [1.82, 2.24) is 9.80 Å². The van der Waals surface area contributed by atoms with E-state index < -0.39 is 11.7 Å². The van der Waals surface area contributed by atoms with Gasteiger partial charge in [0.05, 0.1) is 12.1 Å². The first-order valence-corrected chi connectivity index (χ1v) is 11.4. The third-order valence-electron chi connectivity index (χ3n) is 5.06. The van der Waals surface area contributed by atoms with Gasteiger partial charge in [0, 0.05) is 31.7 Å². The van der Waals surface area contributed by atoms with Crippen molar-refractivity contribution < 1.29 is 23.1 Å². The molecule has 0 spiro atoms. The maximum absolute atomic E-state index is 14.3. The zero-order valence-electron chi connectivity index (χ0n) is 18.4. The predicted molar refractivity (Wildman–Crippen MR) is 124 cm³/mol. The molecular formula is C25H26F2N2O3S. The molecule has 0 saturated heterocycles. The molecule has 1 aromatic heterocycles. The lowest BCUT2D eigenvalue weighted by Crippen LogP contribution is -2.43. The van der Waals surface area contributed by atoms with E-state index in [-0.39, 0.29) is 36.9 Å². The van der Waals surface area contributed by atoms with Gasteiger partial charge in [-0.05, 0) is 47.7 Å². The van der Waals surface area contributed by atoms with Crippen LogP contribution >= 0.6 is 11.3 Å². The summed E-state index contributed by atoms with van der Waals surface area (Å²) in [6.45, 7) is 1.06. The number of methoxy groups -OCH3 is 1. The lowest BCUT2D eigenvalue weighted by molar-refractivity contribution is -0.133. The molecule has 2 amide bonds. The number of ether oxygens (including phenoxy) is 1. The van der Waals surface area contributed by atoms with Crippen LogP contribution in [0.4, 0.5) is 8.78 Å². The molecule has 0 atom stereocenters. The van der Waals surface area contributed by atoms with Crippen LogP contribution in [0, 0.1) is 11.6 Å². The number of hydrogen-bond acceptors (Lipinski definition) is 4. The van der Waals surface area contributed by atoms with E-state index in [4.69, 9.17) is 4.74 Å². The van der Waals surface area contributed by atoms with Crippen LogP contribution in [0.5, 0.6) is 0 Å². The number of halogens is 2. The van der Waals surface area contributed by atoms with Crippen LogP contribution in [-0.2, 0) is 22.6 Å². The van der Waals surface area contributed by atoms with Crippen LogP contribution in [0.3, 0.4) is 0 Å². The first-order valence-electron chi connectivity index (χ1n) is 10.5. The minimum atomic E-state index is -0.631. The second-order valence-electron chi connectivity index (χ2n) is 7.51. The molecule has 1 heterocycles. The summed E-state index contributed by atoms with van der Waals surface area (Å²) in [7, 11) is 1.56. The van der Waals surface area contributed by atoms with Crippen molar-refractivity contribution in [2.45, 2.75) is 19.5 Å². The quantitative estimate of drug-likeness (QED) is 0.379. The molecule has 33 heavy (non-hydrogen) atoms. The van der Waals surface area contributed by atoms with Crippen molar-refractivity contribution >= 4 is 23.2 Å². The highest BCUT2D eigenvalue weighted by molar-refractivity contribution is 7.09. The summed E-state index contributed by atoms with van der Waals surface area (Å²) < 4.78 is 32.7.